The molecule has 0 saturated heterocycles. The highest BCUT2D eigenvalue weighted by molar-refractivity contribution is 7.09. The van der Waals surface area contributed by atoms with Gasteiger partial charge in [-0.15, -0.1) is 0 Å². The van der Waals surface area contributed by atoms with E-state index in [2.05, 4.69) is 65.9 Å². The first-order valence-corrected chi connectivity index (χ1v) is 7.30. The third-order valence-corrected chi connectivity index (χ3v) is 4.55. The van der Waals surface area contributed by atoms with Gasteiger partial charge in [-0.3, -0.25) is 0 Å². The van der Waals surface area contributed by atoms with Gasteiger partial charge in [-0.05, 0) is 47.0 Å². The Morgan fingerprint density at radius 3 is 2.78 bits per heavy atom. The first kappa shape index (κ1) is 11.6. The molecule has 0 saturated carbocycles. The molecule has 0 amide bonds. The van der Waals surface area contributed by atoms with Crippen molar-refractivity contribution in [3.8, 4) is 0 Å². The molecule has 2 aromatic rings. The van der Waals surface area contributed by atoms with Crippen LogP contribution in [0.25, 0.3) is 10.8 Å². The molecule has 1 unspecified atom stereocenters. The summed E-state index contributed by atoms with van der Waals surface area (Å²) in [4.78, 5) is 4.73. The summed E-state index contributed by atoms with van der Waals surface area (Å²) in [5.74, 6) is 0. The molecule has 2 nitrogen and oxygen atoms in total. The number of fused-ring (bicyclic) bond motifs is 1. The monoisotopic (exact) mass is 258 g/mol. The first-order chi connectivity index (χ1) is 8.70. The molecule has 0 N–H and O–H groups in total. The Morgan fingerprint density at radius 1 is 1.22 bits per heavy atom. The lowest BCUT2D eigenvalue weighted by molar-refractivity contribution is 0.327. The molecule has 1 aromatic heterocycles. The fraction of sp³-hybridized carbons (Fsp3) is 0.333. The zero-order chi connectivity index (χ0) is 12.7. The number of nitrogens with zero attached hydrogens (tertiary/aromatic N) is 2. The first-order valence-electron chi connectivity index (χ1n) is 6.36. The summed E-state index contributed by atoms with van der Waals surface area (Å²) in [7, 11) is 2.17. The molecule has 0 fully saturated rings. The van der Waals surface area contributed by atoms with E-state index >= 15 is 0 Å². The molecule has 0 spiro atoms. The molecule has 0 bridgehead atoms. The zero-order valence-electron chi connectivity index (χ0n) is 11.1. The van der Waals surface area contributed by atoms with E-state index in [4.69, 9.17) is 0 Å². The van der Waals surface area contributed by atoms with Gasteiger partial charge in [0, 0.05) is 24.6 Å². The van der Waals surface area contributed by atoms with E-state index < -0.39 is 0 Å². The predicted molar refractivity (Wildman–Crippen MR) is 79.9 cm³/mol. The summed E-state index contributed by atoms with van der Waals surface area (Å²) in [6.07, 6.45) is 3.81. The van der Waals surface area contributed by atoms with Crippen LogP contribution in [0.1, 0.15) is 20.3 Å². The second-order valence-corrected chi connectivity index (χ2v) is 5.61. The SMILES string of the molecule is CCC1N(C)C(C)=CN1c1ccc2cscc2c1. The molecule has 3 heteroatoms. The second kappa shape index (κ2) is 4.32. The van der Waals surface area contributed by atoms with Crippen molar-refractivity contribution in [2.45, 2.75) is 26.4 Å². The van der Waals surface area contributed by atoms with Crippen LogP contribution in [0, 0.1) is 0 Å². The third-order valence-electron chi connectivity index (χ3n) is 3.77. The van der Waals surface area contributed by atoms with Crippen molar-refractivity contribution < 1.29 is 0 Å². The Hall–Kier alpha value is -1.48. The van der Waals surface area contributed by atoms with Crippen molar-refractivity contribution in [2.75, 3.05) is 11.9 Å². The molecule has 3 rings (SSSR count). The van der Waals surface area contributed by atoms with Gasteiger partial charge in [0.2, 0.25) is 0 Å². The Bertz CT molecular complexity index is 599. The van der Waals surface area contributed by atoms with Crippen LogP contribution in [0.4, 0.5) is 5.69 Å². The Kier molecular flexibility index (Phi) is 2.78. The van der Waals surface area contributed by atoms with Crippen LogP contribution in [-0.2, 0) is 0 Å². The molecule has 1 aliphatic heterocycles. The fourth-order valence-corrected chi connectivity index (χ4v) is 3.41. The summed E-state index contributed by atoms with van der Waals surface area (Å²) in [5, 5.41) is 7.10. The number of benzene rings is 1. The maximum absolute atomic E-state index is 2.38. The van der Waals surface area contributed by atoms with Gasteiger partial charge in [-0.1, -0.05) is 13.0 Å². The van der Waals surface area contributed by atoms with Crippen LogP contribution < -0.4 is 4.90 Å². The van der Waals surface area contributed by atoms with Crippen LogP contribution >= 0.6 is 11.3 Å². The summed E-state index contributed by atoms with van der Waals surface area (Å²) >= 11 is 1.77. The summed E-state index contributed by atoms with van der Waals surface area (Å²) < 4.78 is 0. The van der Waals surface area contributed by atoms with Gasteiger partial charge in [0.25, 0.3) is 0 Å². The van der Waals surface area contributed by atoms with Crippen molar-refractivity contribution in [3.05, 3.63) is 40.9 Å². The lowest BCUT2D eigenvalue weighted by atomic mass is 10.2. The van der Waals surface area contributed by atoms with Crippen LogP contribution in [-0.4, -0.2) is 18.1 Å². The summed E-state index contributed by atoms with van der Waals surface area (Å²) in [6, 6.07) is 6.73. The molecular weight excluding hydrogens is 240 g/mol. The average Bonchev–Trinajstić information content (AvgIpc) is 2.94. The molecule has 0 radical (unpaired) electrons. The van der Waals surface area contributed by atoms with Crippen LogP contribution in [0.5, 0.6) is 0 Å². The fourth-order valence-electron chi connectivity index (χ4n) is 2.63. The van der Waals surface area contributed by atoms with Gasteiger partial charge in [0.15, 0.2) is 0 Å². The largest absolute Gasteiger partial charge is 0.356 e. The molecule has 1 aliphatic rings. The van der Waals surface area contributed by atoms with Crippen molar-refractivity contribution in [1.29, 1.82) is 0 Å². The average molecular weight is 258 g/mol. The van der Waals surface area contributed by atoms with Gasteiger partial charge in [-0.25, -0.2) is 0 Å². The number of hydrogen-bond acceptors (Lipinski definition) is 3. The lowest BCUT2D eigenvalue weighted by Crippen LogP contribution is -2.36. The van der Waals surface area contributed by atoms with Crippen LogP contribution in [0.15, 0.2) is 40.9 Å². The van der Waals surface area contributed by atoms with E-state index in [1.54, 1.807) is 11.3 Å². The highest BCUT2D eigenvalue weighted by Gasteiger charge is 2.26. The zero-order valence-corrected chi connectivity index (χ0v) is 11.9. The molecule has 2 heterocycles. The van der Waals surface area contributed by atoms with Crippen LogP contribution in [0.3, 0.4) is 0 Å². The van der Waals surface area contributed by atoms with Gasteiger partial charge in [0.1, 0.15) is 6.17 Å². The maximum Gasteiger partial charge on any atom is 0.105 e. The Labute approximate surface area is 112 Å². The van der Waals surface area contributed by atoms with Crippen molar-refractivity contribution in [2.24, 2.45) is 0 Å². The third kappa shape index (κ3) is 1.70. The molecule has 1 atom stereocenters. The normalized spacial score (nSPS) is 19.7. The van der Waals surface area contributed by atoms with E-state index in [1.165, 1.54) is 22.2 Å². The van der Waals surface area contributed by atoms with Crippen LogP contribution in [0.2, 0.25) is 0 Å². The van der Waals surface area contributed by atoms with E-state index in [1.807, 2.05) is 0 Å². The maximum atomic E-state index is 2.38. The molecule has 94 valence electrons. The minimum absolute atomic E-state index is 0.445. The van der Waals surface area contributed by atoms with Crippen molar-refractivity contribution in [1.82, 2.24) is 4.90 Å². The van der Waals surface area contributed by atoms with Gasteiger partial charge in [0.05, 0.1) is 0 Å². The second-order valence-electron chi connectivity index (χ2n) is 4.86. The quantitative estimate of drug-likeness (QED) is 0.794. The van der Waals surface area contributed by atoms with E-state index in [0.29, 0.717) is 6.17 Å². The number of anilines is 1. The van der Waals surface area contributed by atoms with Crippen molar-refractivity contribution >= 4 is 27.8 Å². The smallest absolute Gasteiger partial charge is 0.105 e. The summed E-state index contributed by atoms with van der Waals surface area (Å²) in [6.45, 7) is 4.41. The highest BCUT2D eigenvalue weighted by atomic mass is 32.1. The Morgan fingerprint density at radius 2 is 2.00 bits per heavy atom. The summed E-state index contributed by atoms with van der Waals surface area (Å²) in [5.41, 5.74) is 2.61. The van der Waals surface area contributed by atoms with E-state index in [9.17, 15) is 0 Å². The molecular formula is C15H18N2S. The molecule has 0 aliphatic carbocycles. The van der Waals surface area contributed by atoms with Crippen molar-refractivity contribution in [3.63, 3.8) is 0 Å². The van der Waals surface area contributed by atoms with Gasteiger partial charge < -0.3 is 9.80 Å². The lowest BCUT2D eigenvalue weighted by Gasteiger charge is -2.30. The predicted octanol–water partition coefficient (Wildman–Crippen LogP) is 4.25. The Balaban J connectivity index is 2.03. The minimum atomic E-state index is 0.445. The van der Waals surface area contributed by atoms with Gasteiger partial charge >= 0.3 is 0 Å². The van der Waals surface area contributed by atoms with E-state index in [0.717, 1.165) is 6.42 Å². The number of allylic oxidation sites excluding steroid dienone is 1. The van der Waals surface area contributed by atoms with Gasteiger partial charge in [-0.2, -0.15) is 11.3 Å². The topological polar surface area (TPSA) is 6.48 Å². The van der Waals surface area contributed by atoms with E-state index in [-0.39, 0.29) is 0 Å². The minimum Gasteiger partial charge on any atom is -0.356 e. The number of thiophene rings is 1. The standard InChI is InChI=1S/C15H18N2S/c1-4-15-16(3)11(2)8-17(15)14-6-5-12-9-18-10-13(12)7-14/h5-10,15H,4H2,1-3H3. The molecule has 1 aromatic carbocycles. The number of rotatable bonds is 2. The highest BCUT2D eigenvalue weighted by Crippen LogP contribution is 2.32. The number of hydrogen-bond donors (Lipinski definition) is 0. The molecule has 18 heavy (non-hydrogen) atoms.